The summed E-state index contributed by atoms with van der Waals surface area (Å²) in [7, 11) is 1.63. The lowest BCUT2D eigenvalue weighted by Crippen LogP contribution is -2.33. The van der Waals surface area contributed by atoms with E-state index in [0.29, 0.717) is 23.7 Å². The third-order valence-electron chi connectivity index (χ3n) is 5.22. The van der Waals surface area contributed by atoms with Gasteiger partial charge in [0.1, 0.15) is 11.5 Å². The summed E-state index contributed by atoms with van der Waals surface area (Å²) in [5.74, 6) is 3.10. The molecule has 0 saturated heterocycles. The van der Waals surface area contributed by atoms with Crippen molar-refractivity contribution in [2.45, 2.75) is 25.6 Å². The molecule has 1 aromatic heterocycles. The number of aryl methyl sites for hydroxylation is 1. The molecule has 0 radical (unpaired) electrons. The van der Waals surface area contributed by atoms with E-state index in [1.165, 1.54) is 0 Å². The zero-order valence-corrected chi connectivity index (χ0v) is 15.6. The first-order valence-corrected chi connectivity index (χ1v) is 9.20. The van der Waals surface area contributed by atoms with E-state index in [0.717, 1.165) is 22.6 Å². The standard InChI is InChI=1S/C22H20N2O4/c1-13-10-11-20(27-13)22-24-17(15-7-5-9-19(26-2)21(15)28-22)12-16(23-24)14-6-3-4-8-18(14)25/h3-11,17,22,25H,12H2,1-2H3/t17-,22-/m0/s1. The molecule has 0 spiro atoms. The number of nitrogens with zero attached hydrogens (tertiary/aromatic N) is 2. The number of rotatable bonds is 3. The first-order chi connectivity index (χ1) is 13.7. The topological polar surface area (TPSA) is 67.4 Å². The second kappa shape index (κ2) is 6.34. The van der Waals surface area contributed by atoms with Crippen molar-refractivity contribution in [2.24, 2.45) is 5.10 Å². The second-order valence-corrected chi connectivity index (χ2v) is 6.96. The van der Waals surface area contributed by atoms with E-state index in [2.05, 4.69) is 0 Å². The molecule has 6 heteroatoms. The molecule has 2 aliphatic heterocycles. The molecule has 3 aromatic rings. The lowest BCUT2D eigenvalue weighted by atomic mass is 9.95. The van der Waals surface area contributed by atoms with Crippen molar-refractivity contribution in [3.05, 3.63) is 77.2 Å². The highest BCUT2D eigenvalue weighted by Crippen LogP contribution is 2.51. The summed E-state index contributed by atoms with van der Waals surface area (Å²) < 4.78 is 17.7. The van der Waals surface area contributed by atoms with E-state index < -0.39 is 6.23 Å². The monoisotopic (exact) mass is 376 g/mol. The molecule has 2 aliphatic rings. The number of benzene rings is 2. The van der Waals surface area contributed by atoms with Crippen molar-refractivity contribution < 1.29 is 19.0 Å². The molecule has 1 N–H and O–H groups in total. The fourth-order valence-corrected chi connectivity index (χ4v) is 3.90. The van der Waals surface area contributed by atoms with Gasteiger partial charge < -0.3 is 19.0 Å². The van der Waals surface area contributed by atoms with Crippen LogP contribution >= 0.6 is 0 Å². The molecule has 0 unspecified atom stereocenters. The van der Waals surface area contributed by atoms with Crippen LogP contribution in [0.5, 0.6) is 17.2 Å². The predicted molar refractivity (Wildman–Crippen MR) is 104 cm³/mol. The SMILES string of the molecule is COc1cccc2c1O[C@@H](c1ccc(C)o1)N1N=C(c3ccccc3O)C[C@@H]21. The zero-order chi connectivity index (χ0) is 19.3. The van der Waals surface area contributed by atoms with Crippen molar-refractivity contribution in [1.82, 2.24) is 5.01 Å². The smallest absolute Gasteiger partial charge is 0.246 e. The van der Waals surface area contributed by atoms with Crippen LogP contribution in [0.15, 0.2) is 64.1 Å². The summed E-state index contributed by atoms with van der Waals surface area (Å²) in [6, 6.07) is 16.9. The highest BCUT2D eigenvalue weighted by molar-refractivity contribution is 6.04. The maximum absolute atomic E-state index is 10.3. The molecule has 142 valence electrons. The van der Waals surface area contributed by atoms with Gasteiger partial charge in [-0.25, -0.2) is 5.01 Å². The molecule has 28 heavy (non-hydrogen) atoms. The Morgan fingerprint density at radius 3 is 2.71 bits per heavy atom. The van der Waals surface area contributed by atoms with Gasteiger partial charge in [-0.05, 0) is 37.3 Å². The van der Waals surface area contributed by atoms with Gasteiger partial charge >= 0.3 is 0 Å². The summed E-state index contributed by atoms with van der Waals surface area (Å²) >= 11 is 0. The van der Waals surface area contributed by atoms with Crippen molar-refractivity contribution >= 4 is 5.71 Å². The van der Waals surface area contributed by atoms with E-state index in [9.17, 15) is 5.11 Å². The number of fused-ring (bicyclic) bond motifs is 3. The van der Waals surface area contributed by atoms with Crippen LogP contribution in [-0.2, 0) is 0 Å². The van der Waals surface area contributed by atoms with Crippen LogP contribution in [-0.4, -0.2) is 22.9 Å². The Morgan fingerprint density at radius 1 is 1.11 bits per heavy atom. The Bertz CT molecular complexity index is 1070. The van der Waals surface area contributed by atoms with Gasteiger partial charge in [-0.3, -0.25) is 0 Å². The molecule has 0 fully saturated rings. The van der Waals surface area contributed by atoms with Crippen molar-refractivity contribution in [2.75, 3.05) is 7.11 Å². The summed E-state index contributed by atoms with van der Waals surface area (Å²) in [5, 5.41) is 17.0. The summed E-state index contributed by atoms with van der Waals surface area (Å²) in [6.07, 6.45) is 0.142. The van der Waals surface area contributed by atoms with E-state index >= 15 is 0 Å². The quantitative estimate of drug-likeness (QED) is 0.727. The van der Waals surface area contributed by atoms with Crippen molar-refractivity contribution in [1.29, 1.82) is 0 Å². The third-order valence-corrected chi connectivity index (χ3v) is 5.22. The lowest BCUT2D eigenvalue weighted by Gasteiger charge is -2.37. The highest BCUT2D eigenvalue weighted by atomic mass is 16.5. The molecule has 0 bridgehead atoms. The number of phenolic OH excluding ortho intramolecular Hbond substituents is 1. The number of hydrazone groups is 1. The van der Waals surface area contributed by atoms with Gasteiger partial charge in [0, 0.05) is 17.5 Å². The van der Waals surface area contributed by atoms with Crippen LogP contribution in [0.2, 0.25) is 0 Å². The molecule has 2 atom stereocenters. The second-order valence-electron chi connectivity index (χ2n) is 6.96. The average molecular weight is 376 g/mol. The fraction of sp³-hybridized carbons (Fsp3) is 0.227. The minimum atomic E-state index is -0.508. The van der Waals surface area contributed by atoms with Gasteiger partial charge in [0.05, 0.1) is 18.9 Å². The van der Waals surface area contributed by atoms with E-state index in [-0.39, 0.29) is 11.8 Å². The van der Waals surface area contributed by atoms with Gasteiger partial charge in [0.2, 0.25) is 6.23 Å². The van der Waals surface area contributed by atoms with Crippen LogP contribution < -0.4 is 9.47 Å². The number of furan rings is 1. The minimum absolute atomic E-state index is 0.0381. The first kappa shape index (κ1) is 16.7. The molecular weight excluding hydrogens is 356 g/mol. The third kappa shape index (κ3) is 2.52. The van der Waals surface area contributed by atoms with Crippen LogP contribution in [0.25, 0.3) is 0 Å². The van der Waals surface area contributed by atoms with Gasteiger partial charge in [0.15, 0.2) is 17.3 Å². The Balaban J connectivity index is 1.64. The van der Waals surface area contributed by atoms with E-state index in [4.69, 9.17) is 19.0 Å². The molecule has 0 amide bonds. The van der Waals surface area contributed by atoms with E-state index in [1.54, 1.807) is 19.2 Å². The van der Waals surface area contributed by atoms with Crippen LogP contribution in [0.1, 0.15) is 41.3 Å². The Hall–Kier alpha value is -3.41. The molecule has 5 rings (SSSR count). The number of para-hydroxylation sites is 2. The maximum atomic E-state index is 10.3. The van der Waals surface area contributed by atoms with Gasteiger partial charge in [-0.2, -0.15) is 5.10 Å². The predicted octanol–water partition coefficient (Wildman–Crippen LogP) is 4.54. The molecule has 0 saturated carbocycles. The van der Waals surface area contributed by atoms with Crippen LogP contribution in [0.3, 0.4) is 0 Å². The maximum Gasteiger partial charge on any atom is 0.246 e. The van der Waals surface area contributed by atoms with Crippen LogP contribution in [0.4, 0.5) is 0 Å². The van der Waals surface area contributed by atoms with Gasteiger partial charge in [0.25, 0.3) is 0 Å². The lowest BCUT2D eigenvalue weighted by molar-refractivity contribution is -0.0345. The number of phenols is 1. The summed E-state index contributed by atoms with van der Waals surface area (Å²) in [4.78, 5) is 0. The molecule has 3 heterocycles. The normalized spacial score (nSPS) is 20.2. The molecular formula is C22H20N2O4. The molecule has 6 nitrogen and oxygen atoms in total. The van der Waals surface area contributed by atoms with Crippen molar-refractivity contribution in [3.8, 4) is 17.2 Å². The number of ether oxygens (including phenoxy) is 2. The Labute approximate surface area is 162 Å². The van der Waals surface area contributed by atoms with Gasteiger partial charge in [-0.1, -0.05) is 24.3 Å². The highest BCUT2D eigenvalue weighted by Gasteiger charge is 2.43. The largest absolute Gasteiger partial charge is 0.507 e. The summed E-state index contributed by atoms with van der Waals surface area (Å²) in [6.45, 7) is 1.90. The van der Waals surface area contributed by atoms with Gasteiger partial charge in [-0.15, -0.1) is 0 Å². The number of hydrogen-bond donors (Lipinski definition) is 1. The minimum Gasteiger partial charge on any atom is -0.507 e. The number of hydrogen-bond acceptors (Lipinski definition) is 6. The van der Waals surface area contributed by atoms with Crippen molar-refractivity contribution in [3.63, 3.8) is 0 Å². The Morgan fingerprint density at radius 2 is 1.96 bits per heavy atom. The number of methoxy groups -OCH3 is 1. The molecule has 2 aromatic carbocycles. The molecule has 0 aliphatic carbocycles. The summed E-state index contributed by atoms with van der Waals surface area (Å²) in [5.41, 5.74) is 2.56. The first-order valence-electron chi connectivity index (χ1n) is 9.20. The average Bonchev–Trinajstić information content (AvgIpc) is 3.34. The van der Waals surface area contributed by atoms with Crippen LogP contribution in [0, 0.1) is 6.92 Å². The van der Waals surface area contributed by atoms with E-state index in [1.807, 2.05) is 54.4 Å². The zero-order valence-electron chi connectivity index (χ0n) is 15.6. The fourth-order valence-electron chi connectivity index (χ4n) is 3.90. The number of aromatic hydroxyl groups is 1. The Kier molecular flexibility index (Phi) is 3.79.